The van der Waals surface area contributed by atoms with E-state index < -0.39 is 27.2 Å². The molecule has 2 rings (SSSR count). The summed E-state index contributed by atoms with van der Waals surface area (Å²) < 4.78 is 0. The number of non-ortho nitro benzene ring substituents is 1. The Hall–Kier alpha value is -4.39. The number of allylic oxidation sites excluding steroid dienone is 2. The second-order valence-corrected chi connectivity index (χ2v) is 6.51. The van der Waals surface area contributed by atoms with E-state index in [2.05, 4.69) is 5.32 Å². The molecule has 0 amide bonds. The van der Waals surface area contributed by atoms with Crippen LogP contribution in [0.5, 0.6) is 0 Å². The molecule has 1 aromatic rings. The van der Waals surface area contributed by atoms with Crippen molar-refractivity contribution in [1.82, 2.24) is 5.32 Å². The first-order valence-corrected chi connectivity index (χ1v) is 8.09. The van der Waals surface area contributed by atoms with Crippen molar-refractivity contribution in [2.45, 2.75) is 25.8 Å². The maximum atomic E-state index is 11.1. The summed E-state index contributed by atoms with van der Waals surface area (Å²) in [5.41, 5.74) is -4.31. The summed E-state index contributed by atoms with van der Waals surface area (Å²) in [5.74, 6) is -1.07. The molecule has 0 bridgehead atoms. The van der Waals surface area contributed by atoms with Crippen LogP contribution in [0.1, 0.15) is 25.3 Å². The molecule has 1 aliphatic carbocycles. The van der Waals surface area contributed by atoms with Crippen LogP contribution in [0.15, 0.2) is 35.5 Å². The van der Waals surface area contributed by atoms with Crippen LogP contribution >= 0.6 is 0 Å². The van der Waals surface area contributed by atoms with Gasteiger partial charge >= 0.3 is 0 Å². The Labute approximate surface area is 161 Å². The molecular formula is C19H13N7O2. The van der Waals surface area contributed by atoms with Gasteiger partial charge in [-0.1, -0.05) is 12.1 Å². The van der Waals surface area contributed by atoms with Crippen molar-refractivity contribution in [3.63, 3.8) is 0 Å². The molecule has 9 nitrogen and oxygen atoms in total. The first-order chi connectivity index (χ1) is 13.3. The fraction of sp³-hybridized carbons (Fsp3) is 0.316. The third kappa shape index (κ3) is 2.58. The van der Waals surface area contributed by atoms with Gasteiger partial charge in [-0.2, -0.15) is 26.3 Å². The minimum absolute atomic E-state index is 0.116. The zero-order valence-electron chi connectivity index (χ0n) is 15.0. The normalized spacial score (nSPS) is 21.0. The summed E-state index contributed by atoms with van der Waals surface area (Å²) >= 11 is 0. The van der Waals surface area contributed by atoms with Crippen LogP contribution in [0.3, 0.4) is 0 Å². The number of nitro groups is 1. The number of nitrogens with one attached hydrogen (secondary N) is 1. The van der Waals surface area contributed by atoms with E-state index in [1.54, 1.807) is 26.0 Å². The third-order valence-corrected chi connectivity index (χ3v) is 4.65. The topological polar surface area (TPSA) is 174 Å². The number of rotatable bonds is 5. The fourth-order valence-electron chi connectivity index (χ4n) is 3.48. The maximum absolute atomic E-state index is 11.1. The molecule has 1 aromatic carbocycles. The first-order valence-electron chi connectivity index (χ1n) is 8.09. The Bertz CT molecular complexity index is 1060. The summed E-state index contributed by atoms with van der Waals surface area (Å²) in [5, 5.41) is 62.2. The molecular weight excluding hydrogens is 358 g/mol. The van der Waals surface area contributed by atoms with Crippen molar-refractivity contribution >= 4 is 5.69 Å². The maximum Gasteiger partial charge on any atom is 0.269 e. The molecule has 2 atom stereocenters. The molecule has 1 N–H and O–H groups in total. The minimum Gasteiger partial charge on any atom is -0.383 e. The quantitative estimate of drug-likeness (QED) is 0.466. The van der Waals surface area contributed by atoms with Gasteiger partial charge in [0.1, 0.15) is 23.1 Å². The third-order valence-electron chi connectivity index (χ3n) is 4.65. The lowest BCUT2D eigenvalue weighted by atomic mass is 9.89. The van der Waals surface area contributed by atoms with Gasteiger partial charge in [-0.25, -0.2) is 0 Å². The zero-order valence-corrected chi connectivity index (χ0v) is 15.0. The highest BCUT2D eigenvalue weighted by atomic mass is 16.6. The van der Waals surface area contributed by atoms with Crippen LogP contribution in [0, 0.1) is 77.6 Å². The highest BCUT2D eigenvalue weighted by Gasteiger charge is 2.83. The van der Waals surface area contributed by atoms with E-state index in [1.165, 1.54) is 24.3 Å². The second kappa shape index (κ2) is 7.08. The Morgan fingerprint density at radius 2 is 1.75 bits per heavy atom. The van der Waals surface area contributed by atoms with Crippen molar-refractivity contribution in [2.75, 3.05) is 0 Å². The van der Waals surface area contributed by atoms with Gasteiger partial charge in [-0.15, -0.1) is 0 Å². The summed E-state index contributed by atoms with van der Waals surface area (Å²) in [4.78, 5) is 10.5. The van der Waals surface area contributed by atoms with E-state index in [-0.39, 0.29) is 23.0 Å². The van der Waals surface area contributed by atoms with Crippen molar-refractivity contribution in [2.24, 2.45) is 10.8 Å². The lowest BCUT2D eigenvalue weighted by molar-refractivity contribution is -0.384. The van der Waals surface area contributed by atoms with Crippen molar-refractivity contribution in [1.29, 1.82) is 26.3 Å². The van der Waals surface area contributed by atoms with Crippen LogP contribution < -0.4 is 5.32 Å². The summed E-state index contributed by atoms with van der Waals surface area (Å²) in [7, 11) is 0. The van der Waals surface area contributed by atoms with Crippen LogP contribution in [-0.2, 0) is 0 Å². The van der Waals surface area contributed by atoms with Gasteiger partial charge in [0.2, 0.25) is 0 Å². The summed E-state index contributed by atoms with van der Waals surface area (Å²) in [6.07, 6.45) is 0. The van der Waals surface area contributed by atoms with Gasteiger partial charge in [-0.05, 0) is 19.4 Å². The Balaban J connectivity index is 2.85. The van der Waals surface area contributed by atoms with Gasteiger partial charge in [0.25, 0.3) is 5.69 Å². The molecule has 136 valence electrons. The SMILES string of the molecule is CC(C)NC(=C(C#N)C#N)[C@@]1(C#N)[C@H](c2cccc([N+](=O)[O-])c2)C1(C#N)C#N. The molecule has 9 heteroatoms. The average Bonchev–Trinajstić information content (AvgIpc) is 3.31. The number of nitro benzene ring substituents is 1. The largest absolute Gasteiger partial charge is 0.383 e. The summed E-state index contributed by atoms with van der Waals surface area (Å²) in [6.45, 7) is 3.42. The Morgan fingerprint density at radius 1 is 1.14 bits per heavy atom. The van der Waals surface area contributed by atoms with E-state index in [9.17, 15) is 36.4 Å². The molecule has 0 unspecified atom stereocenters. The predicted molar refractivity (Wildman–Crippen MR) is 94.1 cm³/mol. The molecule has 0 aliphatic heterocycles. The highest BCUT2D eigenvalue weighted by Crippen LogP contribution is 2.76. The Morgan fingerprint density at radius 3 is 2.18 bits per heavy atom. The second-order valence-electron chi connectivity index (χ2n) is 6.51. The highest BCUT2D eigenvalue weighted by molar-refractivity contribution is 5.64. The van der Waals surface area contributed by atoms with E-state index >= 15 is 0 Å². The molecule has 1 saturated carbocycles. The van der Waals surface area contributed by atoms with Crippen molar-refractivity contribution in [3.05, 3.63) is 51.2 Å². The zero-order chi connectivity index (χ0) is 21.1. The van der Waals surface area contributed by atoms with Gasteiger partial charge in [0, 0.05) is 24.1 Å². The van der Waals surface area contributed by atoms with Crippen LogP contribution in [0.25, 0.3) is 0 Å². The van der Waals surface area contributed by atoms with Gasteiger partial charge < -0.3 is 5.32 Å². The lowest BCUT2D eigenvalue weighted by Gasteiger charge is -2.20. The van der Waals surface area contributed by atoms with E-state index in [0.29, 0.717) is 0 Å². The molecule has 0 spiro atoms. The average molecular weight is 371 g/mol. The molecule has 1 fully saturated rings. The summed E-state index contributed by atoms with van der Waals surface area (Å²) in [6, 6.07) is 14.1. The molecule has 0 saturated heterocycles. The van der Waals surface area contributed by atoms with E-state index in [1.807, 2.05) is 18.2 Å². The monoisotopic (exact) mass is 371 g/mol. The molecule has 28 heavy (non-hydrogen) atoms. The van der Waals surface area contributed by atoms with Gasteiger partial charge in [-0.3, -0.25) is 10.1 Å². The van der Waals surface area contributed by atoms with Crippen LogP contribution in [0.2, 0.25) is 0 Å². The van der Waals surface area contributed by atoms with Crippen LogP contribution in [0.4, 0.5) is 5.69 Å². The van der Waals surface area contributed by atoms with Crippen molar-refractivity contribution in [3.8, 4) is 30.3 Å². The lowest BCUT2D eigenvalue weighted by Crippen LogP contribution is -2.31. The number of nitriles is 5. The smallest absolute Gasteiger partial charge is 0.269 e. The van der Waals surface area contributed by atoms with Gasteiger partial charge in [0.15, 0.2) is 5.41 Å². The fourth-order valence-corrected chi connectivity index (χ4v) is 3.48. The standard InChI is InChI=1S/C19H13N7O2/c1-12(2)25-17(14(7-20)8-21)19(11-24)16(18(19,9-22)10-23)13-4-3-5-15(6-13)26(27)28/h3-6,12,16,25H,1-2H3/t16-,19-/m1/s1. The minimum atomic E-state index is -1.91. The molecule has 0 radical (unpaired) electrons. The first kappa shape index (κ1) is 19.9. The molecule has 1 aliphatic rings. The molecule has 0 aromatic heterocycles. The number of nitrogens with zero attached hydrogens (tertiary/aromatic N) is 6. The predicted octanol–water partition coefficient (Wildman–Crippen LogP) is 2.53. The number of hydrogen-bond acceptors (Lipinski definition) is 8. The van der Waals surface area contributed by atoms with Crippen LogP contribution in [-0.4, -0.2) is 11.0 Å². The molecule has 0 heterocycles. The Kier molecular flexibility index (Phi) is 5.04. The number of benzene rings is 1. The van der Waals surface area contributed by atoms with E-state index in [0.717, 1.165) is 0 Å². The van der Waals surface area contributed by atoms with Gasteiger partial charge in [0.05, 0.1) is 28.8 Å². The van der Waals surface area contributed by atoms with Crippen molar-refractivity contribution < 1.29 is 4.92 Å². The number of hydrogen-bond donors (Lipinski definition) is 1. The van der Waals surface area contributed by atoms with E-state index in [4.69, 9.17) is 0 Å².